The molecule has 1 aliphatic heterocycles. The van der Waals surface area contributed by atoms with E-state index in [0.29, 0.717) is 6.54 Å². The smallest absolute Gasteiger partial charge is 0.227 e. The van der Waals surface area contributed by atoms with Gasteiger partial charge in [0.05, 0.1) is 22.7 Å². The molecule has 0 bridgehead atoms. The molecule has 3 rings (SSSR count). The summed E-state index contributed by atoms with van der Waals surface area (Å²) < 4.78 is 1.18. The molecule has 5 heteroatoms. The molecule has 1 aliphatic rings. The van der Waals surface area contributed by atoms with Gasteiger partial charge >= 0.3 is 0 Å². The molecule has 2 unspecified atom stereocenters. The van der Waals surface area contributed by atoms with Crippen molar-refractivity contribution in [1.82, 2.24) is 15.2 Å². The van der Waals surface area contributed by atoms with E-state index in [0.717, 1.165) is 23.5 Å². The van der Waals surface area contributed by atoms with Gasteiger partial charge in [-0.3, -0.25) is 4.79 Å². The predicted octanol–water partition coefficient (Wildman–Crippen LogP) is 2.25. The number of nitrogens with one attached hydrogen (secondary N) is 1. The molecule has 1 aromatic heterocycles. The summed E-state index contributed by atoms with van der Waals surface area (Å²) in [6, 6.07) is 8.37. The fourth-order valence-electron chi connectivity index (χ4n) is 2.75. The second-order valence-corrected chi connectivity index (χ2v) is 6.52. The Kier molecular flexibility index (Phi) is 3.72. The maximum atomic E-state index is 12.4. The molecule has 1 fully saturated rings. The topological polar surface area (TPSA) is 45.2 Å². The zero-order valence-corrected chi connectivity index (χ0v) is 12.6. The Morgan fingerprint density at radius 3 is 3.00 bits per heavy atom. The monoisotopic (exact) mass is 289 g/mol. The van der Waals surface area contributed by atoms with Crippen molar-refractivity contribution in [3.63, 3.8) is 0 Å². The van der Waals surface area contributed by atoms with E-state index < -0.39 is 0 Å². The summed E-state index contributed by atoms with van der Waals surface area (Å²) in [6.45, 7) is 3.62. The minimum Gasteiger partial charge on any atom is -0.339 e. The molecule has 106 valence electrons. The van der Waals surface area contributed by atoms with E-state index in [4.69, 9.17) is 0 Å². The normalized spacial score (nSPS) is 22.3. The van der Waals surface area contributed by atoms with Gasteiger partial charge in [-0.15, -0.1) is 11.3 Å². The van der Waals surface area contributed by atoms with Crippen molar-refractivity contribution < 1.29 is 4.79 Å². The molecule has 0 saturated carbocycles. The van der Waals surface area contributed by atoms with Crippen molar-refractivity contribution in [2.75, 3.05) is 13.6 Å². The molecule has 20 heavy (non-hydrogen) atoms. The SMILES string of the molecule is CC1NCCC1C(=O)N(C)Cc1nc2ccccc2s1. The number of thiazole rings is 1. The number of nitrogens with zero attached hydrogens (tertiary/aromatic N) is 2. The lowest BCUT2D eigenvalue weighted by molar-refractivity contribution is -0.134. The second kappa shape index (κ2) is 5.50. The predicted molar refractivity (Wildman–Crippen MR) is 81.7 cm³/mol. The number of carbonyl (C=O) groups excluding carboxylic acids is 1. The van der Waals surface area contributed by atoms with Gasteiger partial charge in [0, 0.05) is 13.1 Å². The summed E-state index contributed by atoms with van der Waals surface area (Å²) in [6.07, 6.45) is 0.935. The van der Waals surface area contributed by atoms with Crippen molar-refractivity contribution >= 4 is 27.5 Å². The van der Waals surface area contributed by atoms with E-state index in [-0.39, 0.29) is 17.9 Å². The molecule has 2 heterocycles. The van der Waals surface area contributed by atoms with Gasteiger partial charge in [-0.1, -0.05) is 12.1 Å². The molecule has 4 nitrogen and oxygen atoms in total. The standard InChI is InChI=1S/C15H19N3OS/c1-10-11(7-8-16-10)15(19)18(2)9-14-17-12-5-3-4-6-13(12)20-14/h3-6,10-11,16H,7-9H2,1-2H3. The number of aromatic nitrogens is 1. The van der Waals surface area contributed by atoms with Gasteiger partial charge in [-0.25, -0.2) is 4.98 Å². The van der Waals surface area contributed by atoms with E-state index >= 15 is 0 Å². The van der Waals surface area contributed by atoms with Gasteiger partial charge < -0.3 is 10.2 Å². The molecule has 2 atom stereocenters. The number of carbonyl (C=O) groups is 1. The number of hydrogen-bond acceptors (Lipinski definition) is 4. The third-order valence-electron chi connectivity index (χ3n) is 3.93. The Balaban J connectivity index is 1.71. The van der Waals surface area contributed by atoms with Crippen molar-refractivity contribution in [2.45, 2.75) is 25.9 Å². The van der Waals surface area contributed by atoms with Crippen molar-refractivity contribution in [3.8, 4) is 0 Å². The summed E-state index contributed by atoms with van der Waals surface area (Å²) in [5.41, 5.74) is 1.02. The first-order chi connectivity index (χ1) is 9.65. The van der Waals surface area contributed by atoms with Crippen LogP contribution in [-0.4, -0.2) is 35.4 Å². The molecule has 1 saturated heterocycles. The third kappa shape index (κ3) is 2.55. The molecular weight excluding hydrogens is 270 g/mol. The zero-order chi connectivity index (χ0) is 14.1. The molecule has 1 aromatic carbocycles. The lowest BCUT2D eigenvalue weighted by atomic mass is 10.0. The Morgan fingerprint density at radius 1 is 1.50 bits per heavy atom. The van der Waals surface area contributed by atoms with Crippen LogP contribution in [0.15, 0.2) is 24.3 Å². The Morgan fingerprint density at radius 2 is 2.30 bits per heavy atom. The van der Waals surface area contributed by atoms with Crippen LogP contribution in [0.4, 0.5) is 0 Å². The molecule has 1 N–H and O–H groups in total. The van der Waals surface area contributed by atoms with E-state index in [9.17, 15) is 4.79 Å². The molecular formula is C15H19N3OS. The van der Waals surface area contributed by atoms with Crippen molar-refractivity contribution in [2.24, 2.45) is 5.92 Å². The maximum Gasteiger partial charge on any atom is 0.227 e. The van der Waals surface area contributed by atoms with Crippen LogP contribution in [0.25, 0.3) is 10.2 Å². The van der Waals surface area contributed by atoms with Gasteiger partial charge in [0.1, 0.15) is 5.01 Å². The lowest BCUT2D eigenvalue weighted by Gasteiger charge is -2.22. The van der Waals surface area contributed by atoms with Crippen LogP contribution in [0.5, 0.6) is 0 Å². The number of hydrogen-bond donors (Lipinski definition) is 1. The number of amides is 1. The first-order valence-corrected chi connectivity index (χ1v) is 7.79. The Labute approximate surface area is 122 Å². The zero-order valence-electron chi connectivity index (χ0n) is 11.8. The van der Waals surface area contributed by atoms with Crippen LogP contribution in [0.2, 0.25) is 0 Å². The number of fused-ring (bicyclic) bond motifs is 1. The molecule has 1 amide bonds. The highest BCUT2D eigenvalue weighted by molar-refractivity contribution is 7.18. The van der Waals surface area contributed by atoms with Crippen molar-refractivity contribution in [1.29, 1.82) is 0 Å². The van der Waals surface area contributed by atoms with Gasteiger partial charge in [0.15, 0.2) is 0 Å². The first-order valence-electron chi connectivity index (χ1n) is 6.98. The van der Waals surface area contributed by atoms with Gasteiger partial charge in [0.25, 0.3) is 0 Å². The molecule has 0 radical (unpaired) electrons. The van der Waals surface area contributed by atoms with E-state index in [1.54, 1.807) is 11.3 Å². The number of benzene rings is 1. The minimum atomic E-state index is 0.106. The van der Waals surface area contributed by atoms with Crippen LogP contribution >= 0.6 is 11.3 Å². The first kappa shape index (κ1) is 13.5. The Hall–Kier alpha value is -1.46. The maximum absolute atomic E-state index is 12.4. The van der Waals surface area contributed by atoms with Crippen LogP contribution < -0.4 is 5.32 Å². The highest BCUT2D eigenvalue weighted by Crippen LogP contribution is 2.24. The number of rotatable bonds is 3. The van der Waals surface area contributed by atoms with Gasteiger partial charge in [0.2, 0.25) is 5.91 Å². The average molecular weight is 289 g/mol. The fourth-order valence-corrected chi connectivity index (χ4v) is 3.77. The van der Waals surface area contributed by atoms with E-state index in [1.807, 2.05) is 30.1 Å². The fraction of sp³-hybridized carbons (Fsp3) is 0.467. The van der Waals surface area contributed by atoms with E-state index in [1.165, 1.54) is 4.70 Å². The summed E-state index contributed by atoms with van der Waals surface area (Å²) >= 11 is 1.67. The van der Waals surface area contributed by atoms with Gasteiger partial charge in [-0.05, 0) is 32.0 Å². The highest BCUT2D eigenvalue weighted by atomic mass is 32.1. The third-order valence-corrected chi connectivity index (χ3v) is 4.95. The van der Waals surface area contributed by atoms with E-state index in [2.05, 4.69) is 23.3 Å². The van der Waals surface area contributed by atoms with Crippen LogP contribution in [0.1, 0.15) is 18.4 Å². The quantitative estimate of drug-likeness (QED) is 0.942. The Bertz CT molecular complexity index is 591. The number of para-hydroxylation sites is 1. The van der Waals surface area contributed by atoms with Gasteiger partial charge in [-0.2, -0.15) is 0 Å². The van der Waals surface area contributed by atoms with Crippen LogP contribution in [0, 0.1) is 5.92 Å². The van der Waals surface area contributed by atoms with Crippen LogP contribution in [-0.2, 0) is 11.3 Å². The lowest BCUT2D eigenvalue weighted by Crippen LogP contribution is -2.37. The molecule has 0 aliphatic carbocycles. The second-order valence-electron chi connectivity index (χ2n) is 5.41. The summed E-state index contributed by atoms with van der Waals surface area (Å²) in [5.74, 6) is 0.330. The molecule has 2 aromatic rings. The summed E-state index contributed by atoms with van der Waals surface area (Å²) in [5, 5.41) is 4.33. The highest BCUT2D eigenvalue weighted by Gasteiger charge is 2.31. The average Bonchev–Trinajstić information content (AvgIpc) is 3.03. The van der Waals surface area contributed by atoms with Crippen LogP contribution in [0.3, 0.4) is 0 Å². The summed E-state index contributed by atoms with van der Waals surface area (Å²) in [7, 11) is 1.87. The molecule has 0 spiro atoms. The summed E-state index contributed by atoms with van der Waals surface area (Å²) in [4.78, 5) is 18.8. The largest absolute Gasteiger partial charge is 0.339 e. The van der Waals surface area contributed by atoms with Crippen molar-refractivity contribution in [3.05, 3.63) is 29.3 Å². The minimum absolute atomic E-state index is 0.106.